The van der Waals surface area contributed by atoms with Crippen molar-refractivity contribution >= 4 is 27.7 Å². The van der Waals surface area contributed by atoms with Crippen LogP contribution in [0.25, 0.3) is 0 Å². The second kappa shape index (κ2) is 10.7. The molecule has 2 rings (SSSR count). The van der Waals surface area contributed by atoms with E-state index in [1.165, 1.54) is 0 Å². The van der Waals surface area contributed by atoms with Gasteiger partial charge in [-0.25, -0.2) is 0 Å². The van der Waals surface area contributed by atoms with Gasteiger partial charge in [-0.3, -0.25) is 20.4 Å². The smallest absolute Gasteiger partial charge is 0.279 e. The Kier molecular flexibility index (Phi) is 8.32. The average molecular weight is 449 g/mol. The predicted molar refractivity (Wildman–Crippen MR) is 111 cm³/mol. The molecule has 0 radical (unpaired) electrons. The summed E-state index contributed by atoms with van der Waals surface area (Å²) in [5.41, 5.74) is 6.93. The molecule has 0 saturated heterocycles. The van der Waals surface area contributed by atoms with Crippen LogP contribution in [-0.2, 0) is 16.0 Å². The van der Waals surface area contributed by atoms with Crippen LogP contribution in [-0.4, -0.2) is 24.5 Å². The highest BCUT2D eigenvalue weighted by molar-refractivity contribution is 9.10. The first-order valence-electron chi connectivity index (χ1n) is 9.16. The molecule has 150 valence electrons. The van der Waals surface area contributed by atoms with Gasteiger partial charge in [0.25, 0.3) is 11.8 Å². The summed E-state index contributed by atoms with van der Waals surface area (Å²) < 4.78 is 12.0. The number of nitrogens with one attached hydrogen (secondary N) is 2. The van der Waals surface area contributed by atoms with Crippen molar-refractivity contribution < 1.29 is 19.1 Å². The lowest BCUT2D eigenvalue weighted by molar-refractivity contribution is -0.134. The molecule has 1 atom stereocenters. The van der Waals surface area contributed by atoms with Gasteiger partial charge in [0.15, 0.2) is 12.7 Å². The zero-order chi connectivity index (χ0) is 20.5. The van der Waals surface area contributed by atoms with Crippen LogP contribution in [0.1, 0.15) is 31.4 Å². The molecule has 1 unspecified atom stereocenters. The monoisotopic (exact) mass is 448 g/mol. The van der Waals surface area contributed by atoms with E-state index in [1.54, 1.807) is 12.1 Å². The first-order valence-corrected chi connectivity index (χ1v) is 9.95. The van der Waals surface area contributed by atoms with Crippen molar-refractivity contribution in [2.75, 3.05) is 6.61 Å². The van der Waals surface area contributed by atoms with Crippen LogP contribution in [0.3, 0.4) is 0 Å². The fourth-order valence-electron chi connectivity index (χ4n) is 2.45. The van der Waals surface area contributed by atoms with Crippen molar-refractivity contribution in [1.29, 1.82) is 0 Å². The molecule has 2 amide bonds. The molecule has 28 heavy (non-hydrogen) atoms. The maximum Gasteiger partial charge on any atom is 0.279 e. The van der Waals surface area contributed by atoms with Crippen LogP contribution in [0.15, 0.2) is 46.9 Å². The maximum absolute atomic E-state index is 12.3. The molecule has 2 aromatic rings. The summed E-state index contributed by atoms with van der Waals surface area (Å²) in [6.45, 7) is 5.62. The summed E-state index contributed by atoms with van der Waals surface area (Å²) in [5.74, 6) is 0.279. The summed E-state index contributed by atoms with van der Waals surface area (Å²) in [7, 11) is 0. The highest BCUT2D eigenvalue weighted by Gasteiger charge is 2.19. The lowest BCUT2D eigenvalue weighted by Gasteiger charge is -2.18. The molecule has 0 bridgehead atoms. The highest BCUT2D eigenvalue weighted by atomic mass is 79.9. The van der Waals surface area contributed by atoms with Crippen LogP contribution in [0, 0.1) is 6.92 Å². The van der Waals surface area contributed by atoms with E-state index in [-0.39, 0.29) is 6.61 Å². The van der Waals surface area contributed by atoms with Crippen molar-refractivity contribution in [1.82, 2.24) is 10.9 Å². The molecular formula is C21H25BrN2O4. The second-order valence-electron chi connectivity index (χ2n) is 6.28. The Morgan fingerprint density at radius 1 is 1.11 bits per heavy atom. The molecule has 0 aliphatic rings. The van der Waals surface area contributed by atoms with Crippen molar-refractivity contribution in [2.45, 2.75) is 39.7 Å². The Hall–Kier alpha value is -2.54. The molecular weight excluding hydrogens is 424 g/mol. The number of carbonyl (C=O) groups excluding carboxylic acids is 2. The summed E-state index contributed by atoms with van der Waals surface area (Å²) >= 11 is 3.42. The summed E-state index contributed by atoms with van der Waals surface area (Å²) in [6, 6.07) is 13.1. The molecule has 0 aliphatic heterocycles. The van der Waals surface area contributed by atoms with Gasteiger partial charge in [0, 0.05) is 0 Å². The number of hydrogen-bond acceptors (Lipinski definition) is 4. The van der Waals surface area contributed by atoms with E-state index in [2.05, 4.69) is 33.7 Å². The Morgan fingerprint density at radius 3 is 2.54 bits per heavy atom. The topological polar surface area (TPSA) is 76.7 Å². The van der Waals surface area contributed by atoms with Gasteiger partial charge in [-0.2, -0.15) is 0 Å². The standard InChI is InChI=1S/C21H25BrN2O4/c1-4-15-9-10-19(17(22)12-15)27-13-20(25)23-24-21(26)18(5-2)28-16-8-6-7-14(3)11-16/h6-12,18H,4-5,13H2,1-3H3,(H,23,25)(H,24,26). The number of benzene rings is 2. The first kappa shape index (κ1) is 21.8. The van der Waals surface area contributed by atoms with Crippen LogP contribution in [0.5, 0.6) is 11.5 Å². The SMILES string of the molecule is CCc1ccc(OCC(=O)NNC(=O)C(CC)Oc2cccc(C)c2)c(Br)c1. The number of aryl methyl sites for hydroxylation is 2. The number of ether oxygens (including phenoxy) is 2. The van der Waals surface area contributed by atoms with Gasteiger partial charge >= 0.3 is 0 Å². The van der Waals surface area contributed by atoms with Gasteiger partial charge in [-0.15, -0.1) is 0 Å². The molecule has 0 saturated carbocycles. The largest absolute Gasteiger partial charge is 0.483 e. The number of carbonyl (C=O) groups is 2. The van der Waals surface area contributed by atoms with Gasteiger partial charge in [0.1, 0.15) is 11.5 Å². The number of amides is 2. The van der Waals surface area contributed by atoms with Crippen LogP contribution in [0.4, 0.5) is 0 Å². The molecule has 0 aromatic heterocycles. The Balaban J connectivity index is 1.81. The number of halogens is 1. The van der Waals surface area contributed by atoms with E-state index in [4.69, 9.17) is 9.47 Å². The van der Waals surface area contributed by atoms with Crippen molar-refractivity contribution in [3.8, 4) is 11.5 Å². The lowest BCUT2D eigenvalue weighted by atomic mass is 10.2. The van der Waals surface area contributed by atoms with Crippen LogP contribution in [0.2, 0.25) is 0 Å². The van der Waals surface area contributed by atoms with E-state index >= 15 is 0 Å². The molecule has 7 heteroatoms. The Labute approximate surface area is 173 Å². The molecule has 0 aliphatic carbocycles. The third-order valence-electron chi connectivity index (χ3n) is 4.02. The molecule has 0 spiro atoms. The Morgan fingerprint density at radius 2 is 1.89 bits per heavy atom. The van der Waals surface area contributed by atoms with E-state index in [9.17, 15) is 9.59 Å². The first-order chi connectivity index (χ1) is 13.4. The molecule has 2 N–H and O–H groups in total. The van der Waals surface area contributed by atoms with Gasteiger partial charge in [0.05, 0.1) is 4.47 Å². The normalized spacial score (nSPS) is 11.4. The minimum atomic E-state index is -0.709. The lowest BCUT2D eigenvalue weighted by Crippen LogP contribution is -2.49. The minimum absolute atomic E-state index is 0.222. The zero-order valence-corrected chi connectivity index (χ0v) is 17.8. The van der Waals surface area contributed by atoms with E-state index in [1.807, 2.05) is 44.2 Å². The van der Waals surface area contributed by atoms with E-state index < -0.39 is 17.9 Å². The fourth-order valence-corrected chi connectivity index (χ4v) is 2.99. The third-order valence-corrected chi connectivity index (χ3v) is 4.64. The summed E-state index contributed by atoms with van der Waals surface area (Å²) in [4.78, 5) is 24.2. The second-order valence-corrected chi connectivity index (χ2v) is 7.13. The van der Waals surface area contributed by atoms with E-state index in [0.717, 1.165) is 22.0 Å². The fraction of sp³-hybridized carbons (Fsp3) is 0.333. The predicted octanol–water partition coefficient (Wildman–Crippen LogP) is 3.70. The quantitative estimate of drug-likeness (QED) is 0.603. The molecule has 6 nitrogen and oxygen atoms in total. The average Bonchev–Trinajstić information content (AvgIpc) is 2.69. The number of hydrazine groups is 1. The van der Waals surface area contributed by atoms with Gasteiger partial charge in [-0.1, -0.05) is 32.0 Å². The van der Waals surface area contributed by atoms with Gasteiger partial charge in [0.2, 0.25) is 0 Å². The van der Waals surface area contributed by atoms with Gasteiger partial charge < -0.3 is 9.47 Å². The van der Waals surface area contributed by atoms with Gasteiger partial charge in [-0.05, 0) is 71.1 Å². The van der Waals surface area contributed by atoms with Crippen molar-refractivity contribution in [3.05, 3.63) is 58.1 Å². The zero-order valence-electron chi connectivity index (χ0n) is 16.3. The molecule has 0 heterocycles. The third kappa shape index (κ3) is 6.56. The minimum Gasteiger partial charge on any atom is -0.483 e. The van der Waals surface area contributed by atoms with Crippen LogP contribution < -0.4 is 20.3 Å². The molecule has 0 fully saturated rings. The molecule has 2 aromatic carbocycles. The highest BCUT2D eigenvalue weighted by Crippen LogP contribution is 2.26. The number of rotatable bonds is 8. The van der Waals surface area contributed by atoms with Crippen molar-refractivity contribution in [3.63, 3.8) is 0 Å². The maximum atomic E-state index is 12.3. The Bertz CT molecular complexity index is 826. The number of hydrogen-bond donors (Lipinski definition) is 2. The van der Waals surface area contributed by atoms with E-state index in [0.29, 0.717) is 17.9 Å². The van der Waals surface area contributed by atoms with Crippen molar-refractivity contribution in [2.24, 2.45) is 0 Å². The summed E-state index contributed by atoms with van der Waals surface area (Å²) in [6.07, 6.45) is 0.663. The van der Waals surface area contributed by atoms with Crippen LogP contribution >= 0.6 is 15.9 Å². The summed E-state index contributed by atoms with van der Waals surface area (Å²) in [5, 5.41) is 0.